The molecule has 4 heteroatoms. The van der Waals surface area contributed by atoms with E-state index in [0.29, 0.717) is 17.9 Å². The van der Waals surface area contributed by atoms with Gasteiger partial charge in [0.25, 0.3) is 0 Å². The van der Waals surface area contributed by atoms with Gasteiger partial charge >= 0.3 is 0 Å². The smallest absolute Gasteiger partial charge is 0.193 e. The number of nitrogens with two attached hydrogens (primary N) is 1. The van der Waals surface area contributed by atoms with Crippen LogP contribution in [0.4, 0.5) is 5.69 Å². The summed E-state index contributed by atoms with van der Waals surface area (Å²) >= 11 is 0. The van der Waals surface area contributed by atoms with Crippen LogP contribution in [0.2, 0.25) is 0 Å². The number of likely N-dealkylation sites (tertiary alicyclic amines) is 1. The molecule has 0 aromatic heterocycles. The second kappa shape index (κ2) is 7.46. The van der Waals surface area contributed by atoms with Crippen molar-refractivity contribution in [2.24, 2.45) is 16.6 Å². The number of nitrogens with one attached hydrogen (secondary N) is 1. The standard InChI is InChI=1S/C17H28N4/c1-13(2)12-21-10-4-5-16(21)11-19-17(18)20-15-8-6-14(3)7-9-15/h6-9,13,16H,4-5,10-12H2,1-3H3,(H3,18,19,20)/t16-/m1/s1. The molecule has 0 bridgehead atoms. The second-order valence-corrected chi connectivity index (χ2v) is 6.40. The molecule has 1 aromatic rings. The van der Waals surface area contributed by atoms with Crippen molar-refractivity contribution in [1.29, 1.82) is 0 Å². The molecule has 3 N–H and O–H groups in total. The van der Waals surface area contributed by atoms with Crippen LogP contribution in [0.5, 0.6) is 0 Å². The molecule has 1 saturated heterocycles. The van der Waals surface area contributed by atoms with E-state index in [2.05, 4.69) is 48.1 Å². The Kier molecular flexibility index (Phi) is 5.62. The van der Waals surface area contributed by atoms with Crippen LogP contribution in [0, 0.1) is 12.8 Å². The minimum atomic E-state index is 0.509. The zero-order chi connectivity index (χ0) is 15.2. The van der Waals surface area contributed by atoms with Gasteiger partial charge in [-0.3, -0.25) is 9.89 Å². The number of benzene rings is 1. The van der Waals surface area contributed by atoms with Gasteiger partial charge in [0.1, 0.15) is 0 Å². The first-order valence-electron chi connectivity index (χ1n) is 7.92. The Bertz CT molecular complexity index is 464. The topological polar surface area (TPSA) is 53.6 Å². The van der Waals surface area contributed by atoms with Gasteiger partial charge < -0.3 is 11.1 Å². The maximum absolute atomic E-state index is 5.99. The monoisotopic (exact) mass is 288 g/mol. The van der Waals surface area contributed by atoms with Gasteiger partial charge in [-0.25, -0.2) is 0 Å². The highest BCUT2D eigenvalue weighted by Gasteiger charge is 2.24. The van der Waals surface area contributed by atoms with Gasteiger partial charge in [0.2, 0.25) is 0 Å². The van der Waals surface area contributed by atoms with E-state index in [1.54, 1.807) is 0 Å². The van der Waals surface area contributed by atoms with Crippen LogP contribution in [0.25, 0.3) is 0 Å². The van der Waals surface area contributed by atoms with Gasteiger partial charge in [0.05, 0.1) is 6.54 Å². The zero-order valence-corrected chi connectivity index (χ0v) is 13.5. The molecule has 0 unspecified atom stereocenters. The van der Waals surface area contributed by atoms with Crippen LogP contribution in [-0.4, -0.2) is 36.5 Å². The third-order valence-corrected chi connectivity index (χ3v) is 3.90. The van der Waals surface area contributed by atoms with Gasteiger partial charge in [-0.2, -0.15) is 0 Å². The average molecular weight is 288 g/mol. The van der Waals surface area contributed by atoms with E-state index in [-0.39, 0.29) is 0 Å². The summed E-state index contributed by atoms with van der Waals surface area (Å²) < 4.78 is 0. The summed E-state index contributed by atoms with van der Waals surface area (Å²) in [5.74, 6) is 1.22. The van der Waals surface area contributed by atoms with Crippen molar-refractivity contribution >= 4 is 11.6 Å². The van der Waals surface area contributed by atoms with E-state index in [1.807, 2.05) is 12.1 Å². The van der Waals surface area contributed by atoms with Crippen molar-refractivity contribution in [2.45, 2.75) is 39.7 Å². The molecule has 1 aliphatic rings. The molecule has 0 radical (unpaired) electrons. The van der Waals surface area contributed by atoms with E-state index < -0.39 is 0 Å². The number of hydrogen-bond donors (Lipinski definition) is 2. The zero-order valence-electron chi connectivity index (χ0n) is 13.5. The first-order chi connectivity index (χ1) is 10.0. The number of aryl methyl sites for hydroxylation is 1. The Morgan fingerprint density at radius 1 is 1.38 bits per heavy atom. The van der Waals surface area contributed by atoms with Crippen LogP contribution in [0.15, 0.2) is 29.3 Å². The fourth-order valence-corrected chi connectivity index (χ4v) is 2.84. The number of anilines is 1. The summed E-state index contributed by atoms with van der Waals surface area (Å²) in [7, 11) is 0. The quantitative estimate of drug-likeness (QED) is 0.647. The molecule has 21 heavy (non-hydrogen) atoms. The van der Waals surface area contributed by atoms with E-state index >= 15 is 0 Å². The van der Waals surface area contributed by atoms with Crippen molar-refractivity contribution < 1.29 is 0 Å². The Hall–Kier alpha value is -1.55. The van der Waals surface area contributed by atoms with Crippen LogP contribution < -0.4 is 11.1 Å². The SMILES string of the molecule is Cc1ccc(NC(N)=NC[C@H]2CCCN2CC(C)C)cc1. The summed E-state index contributed by atoms with van der Waals surface area (Å²) in [6.45, 7) is 9.76. The van der Waals surface area contributed by atoms with Gasteiger partial charge in [-0.1, -0.05) is 31.5 Å². The molecule has 0 aliphatic carbocycles. The lowest BCUT2D eigenvalue weighted by molar-refractivity contribution is 0.231. The molecule has 1 heterocycles. The van der Waals surface area contributed by atoms with Crippen LogP contribution >= 0.6 is 0 Å². The minimum Gasteiger partial charge on any atom is -0.370 e. The van der Waals surface area contributed by atoms with E-state index in [0.717, 1.165) is 18.8 Å². The Morgan fingerprint density at radius 3 is 2.76 bits per heavy atom. The first-order valence-corrected chi connectivity index (χ1v) is 7.92. The summed E-state index contributed by atoms with van der Waals surface area (Å²) in [5.41, 5.74) is 8.22. The molecular weight excluding hydrogens is 260 g/mol. The molecule has 0 saturated carbocycles. The van der Waals surface area contributed by atoms with Crippen molar-refractivity contribution in [3.8, 4) is 0 Å². The molecule has 2 rings (SSSR count). The fraction of sp³-hybridized carbons (Fsp3) is 0.588. The number of aliphatic imine (C=N–C) groups is 1. The molecule has 0 spiro atoms. The Labute approximate surface area is 128 Å². The lowest BCUT2D eigenvalue weighted by Gasteiger charge is -2.24. The second-order valence-electron chi connectivity index (χ2n) is 6.40. The maximum atomic E-state index is 5.99. The molecule has 1 fully saturated rings. The van der Waals surface area contributed by atoms with Crippen LogP contribution in [0.1, 0.15) is 32.3 Å². The van der Waals surface area contributed by atoms with Crippen molar-refractivity contribution in [2.75, 3.05) is 25.0 Å². The van der Waals surface area contributed by atoms with E-state index in [1.165, 1.54) is 24.9 Å². The van der Waals surface area contributed by atoms with Crippen molar-refractivity contribution in [3.63, 3.8) is 0 Å². The summed E-state index contributed by atoms with van der Waals surface area (Å²) in [6, 6.07) is 8.73. The normalized spacial score (nSPS) is 20.2. The molecule has 1 atom stereocenters. The predicted molar refractivity (Wildman–Crippen MR) is 90.7 cm³/mol. The molecule has 116 valence electrons. The van der Waals surface area contributed by atoms with Crippen molar-refractivity contribution in [1.82, 2.24) is 4.90 Å². The minimum absolute atomic E-state index is 0.509. The third-order valence-electron chi connectivity index (χ3n) is 3.90. The van der Waals surface area contributed by atoms with Crippen LogP contribution in [-0.2, 0) is 0 Å². The lowest BCUT2D eigenvalue weighted by atomic mass is 10.2. The van der Waals surface area contributed by atoms with Gasteiger partial charge in [-0.05, 0) is 44.4 Å². The summed E-state index contributed by atoms with van der Waals surface area (Å²) in [4.78, 5) is 7.07. The van der Waals surface area contributed by atoms with Gasteiger partial charge in [0.15, 0.2) is 5.96 Å². The number of hydrogen-bond acceptors (Lipinski definition) is 2. The Balaban J connectivity index is 1.86. The number of guanidine groups is 1. The highest BCUT2D eigenvalue weighted by Crippen LogP contribution is 2.18. The lowest BCUT2D eigenvalue weighted by Crippen LogP contribution is -2.35. The predicted octanol–water partition coefficient (Wildman–Crippen LogP) is 2.84. The molecule has 4 nitrogen and oxygen atoms in total. The average Bonchev–Trinajstić information content (AvgIpc) is 2.85. The highest BCUT2D eigenvalue weighted by molar-refractivity contribution is 5.92. The molecule has 0 amide bonds. The van der Waals surface area contributed by atoms with Gasteiger partial charge in [-0.15, -0.1) is 0 Å². The molecule has 1 aliphatic heterocycles. The number of nitrogens with zero attached hydrogens (tertiary/aromatic N) is 2. The largest absolute Gasteiger partial charge is 0.370 e. The van der Waals surface area contributed by atoms with Gasteiger partial charge in [0, 0.05) is 18.3 Å². The third kappa shape index (κ3) is 5.05. The van der Waals surface area contributed by atoms with E-state index in [9.17, 15) is 0 Å². The first kappa shape index (κ1) is 15.8. The molecule has 1 aromatic carbocycles. The molecular formula is C17H28N4. The number of rotatable bonds is 5. The highest BCUT2D eigenvalue weighted by atomic mass is 15.2. The summed E-state index contributed by atoms with van der Waals surface area (Å²) in [6.07, 6.45) is 2.51. The van der Waals surface area contributed by atoms with Crippen LogP contribution in [0.3, 0.4) is 0 Å². The Morgan fingerprint density at radius 2 is 2.10 bits per heavy atom. The maximum Gasteiger partial charge on any atom is 0.193 e. The van der Waals surface area contributed by atoms with E-state index in [4.69, 9.17) is 5.73 Å². The summed E-state index contributed by atoms with van der Waals surface area (Å²) in [5, 5.41) is 3.16. The fourth-order valence-electron chi connectivity index (χ4n) is 2.84. The van der Waals surface area contributed by atoms with Crippen molar-refractivity contribution in [3.05, 3.63) is 29.8 Å².